The number of furan rings is 1. The van der Waals surface area contributed by atoms with Gasteiger partial charge < -0.3 is 20.2 Å². The fraction of sp³-hybridized carbons (Fsp3) is 0.333. The maximum absolute atomic E-state index is 12.9. The van der Waals surface area contributed by atoms with Gasteiger partial charge in [0.05, 0.1) is 5.56 Å². The predicted octanol–water partition coefficient (Wildman–Crippen LogP) is 4.11. The fourth-order valence-electron chi connectivity index (χ4n) is 4.23. The number of nitrogens with zero attached hydrogens (tertiary/aromatic N) is 1. The van der Waals surface area contributed by atoms with Crippen LogP contribution in [-0.4, -0.2) is 42.0 Å². The van der Waals surface area contributed by atoms with Crippen molar-refractivity contribution < 1.29 is 19.1 Å². The predicted molar refractivity (Wildman–Crippen MR) is 120 cm³/mol. The summed E-state index contributed by atoms with van der Waals surface area (Å²) < 4.78 is 6.11. The molecule has 1 saturated heterocycles. The van der Waals surface area contributed by atoms with Gasteiger partial charge >= 0.3 is 0 Å². The number of aromatic hydroxyl groups is 1. The van der Waals surface area contributed by atoms with Crippen LogP contribution in [0.4, 0.5) is 5.69 Å². The van der Waals surface area contributed by atoms with Crippen LogP contribution in [0.2, 0.25) is 0 Å². The molecule has 4 rings (SSSR count). The normalized spacial score (nSPS) is 14.5. The number of amides is 2. The SMILES string of the molecule is CNC(=O)c1c(-c2ccc(NC(C)=O)cc2)oc2cc(O)cc(CN3CCCCC3)c12. The lowest BCUT2D eigenvalue weighted by Gasteiger charge is -2.26. The molecule has 1 aliphatic heterocycles. The van der Waals surface area contributed by atoms with Gasteiger partial charge in [-0.25, -0.2) is 0 Å². The van der Waals surface area contributed by atoms with E-state index in [1.54, 1.807) is 43.4 Å². The van der Waals surface area contributed by atoms with Crippen molar-refractivity contribution in [2.24, 2.45) is 0 Å². The quantitative estimate of drug-likeness (QED) is 0.576. The minimum Gasteiger partial charge on any atom is -0.508 e. The number of hydrogen-bond acceptors (Lipinski definition) is 5. The summed E-state index contributed by atoms with van der Waals surface area (Å²) in [6, 6.07) is 10.4. The Bertz CT molecular complexity index is 1110. The number of piperidine rings is 1. The molecule has 3 N–H and O–H groups in total. The Morgan fingerprint density at radius 2 is 1.81 bits per heavy atom. The number of nitrogens with one attached hydrogen (secondary N) is 2. The Hall–Kier alpha value is -3.32. The van der Waals surface area contributed by atoms with Gasteiger partial charge in [0.2, 0.25) is 5.91 Å². The zero-order valence-corrected chi connectivity index (χ0v) is 17.8. The van der Waals surface area contributed by atoms with Crippen LogP contribution in [0.3, 0.4) is 0 Å². The Labute approximate surface area is 181 Å². The number of benzene rings is 2. The van der Waals surface area contributed by atoms with Crippen LogP contribution in [0.25, 0.3) is 22.3 Å². The van der Waals surface area contributed by atoms with Crippen molar-refractivity contribution >= 4 is 28.5 Å². The second-order valence-electron chi connectivity index (χ2n) is 7.96. The van der Waals surface area contributed by atoms with E-state index in [1.165, 1.54) is 13.3 Å². The molecule has 162 valence electrons. The first kappa shape index (κ1) is 20.9. The number of fused-ring (bicyclic) bond motifs is 1. The number of hydrogen-bond donors (Lipinski definition) is 3. The molecular formula is C24H27N3O4. The Morgan fingerprint density at radius 1 is 1.10 bits per heavy atom. The summed E-state index contributed by atoms with van der Waals surface area (Å²) >= 11 is 0. The van der Waals surface area contributed by atoms with E-state index in [-0.39, 0.29) is 17.6 Å². The van der Waals surface area contributed by atoms with Gasteiger partial charge in [0, 0.05) is 43.2 Å². The standard InChI is InChI=1S/C24H27N3O4/c1-15(28)26-18-8-6-16(7-9-18)23-22(24(30)25-2)21-17(12-19(29)13-20(21)31-23)14-27-10-4-3-5-11-27/h6-9,12-13,29H,3-5,10-11,14H2,1-2H3,(H,25,30)(H,26,28). The first-order chi connectivity index (χ1) is 15.0. The summed E-state index contributed by atoms with van der Waals surface area (Å²) in [6.45, 7) is 4.10. The van der Waals surface area contributed by atoms with Crippen molar-refractivity contribution in [3.05, 3.63) is 47.5 Å². The van der Waals surface area contributed by atoms with Gasteiger partial charge in [0.1, 0.15) is 17.1 Å². The van der Waals surface area contributed by atoms with E-state index in [2.05, 4.69) is 15.5 Å². The Kier molecular flexibility index (Phi) is 5.95. The molecule has 1 aliphatic rings. The first-order valence-corrected chi connectivity index (χ1v) is 10.6. The van der Waals surface area contributed by atoms with E-state index in [1.807, 2.05) is 0 Å². The van der Waals surface area contributed by atoms with Gasteiger partial charge in [0.15, 0.2) is 0 Å². The molecule has 1 fully saturated rings. The highest BCUT2D eigenvalue weighted by atomic mass is 16.3. The minimum absolute atomic E-state index is 0.115. The second-order valence-corrected chi connectivity index (χ2v) is 7.96. The summed E-state index contributed by atoms with van der Waals surface area (Å²) in [7, 11) is 1.59. The number of phenolic OH excluding ortho intramolecular Hbond substituents is 1. The number of likely N-dealkylation sites (tertiary alicyclic amines) is 1. The Balaban J connectivity index is 1.83. The molecule has 2 heterocycles. The van der Waals surface area contributed by atoms with Crippen LogP contribution in [0.5, 0.6) is 5.75 Å². The van der Waals surface area contributed by atoms with Gasteiger partial charge in [-0.2, -0.15) is 0 Å². The highest BCUT2D eigenvalue weighted by molar-refractivity contribution is 6.12. The number of rotatable bonds is 5. The lowest BCUT2D eigenvalue weighted by Crippen LogP contribution is -2.29. The largest absolute Gasteiger partial charge is 0.508 e. The maximum atomic E-state index is 12.9. The lowest BCUT2D eigenvalue weighted by atomic mass is 9.99. The van der Waals surface area contributed by atoms with Crippen LogP contribution in [0, 0.1) is 0 Å². The summed E-state index contributed by atoms with van der Waals surface area (Å²) in [5.74, 6) is 0.157. The van der Waals surface area contributed by atoms with Crippen molar-refractivity contribution in [1.82, 2.24) is 10.2 Å². The first-order valence-electron chi connectivity index (χ1n) is 10.6. The average Bonchev–Trinajstić information content (AvgIpc) is 3.13. The number of anilines is 1. The third-order valence-electron chi connectivity index (χ3n) is 5.62. The smallest absolute Gasteiger partial charge is 0.255 e. The van der Waals surface area contributed by atoms with Crippen LogP contribution in [0.15, 0.2) is 40.8 Å². The van der Waals surface area contributed by atoms with Crippen LogP contribution in [-0.2, 0) is 11.3 Å². The molecule has 31 heavy (non-hydrogen) atoms. The van der Waals surface area contributed by atoms with Crippen molar-refractivity contribution in [2.75, 3.05) is 25.5 Å². The van der Waals surface area contributed by atoms with E-state index in [0.717, 1.165) is 36.9 Å². The van der Waals surface area contributed by atoms with Crippen molar-refractivity contribution in [2.45, 2.75) is 32.7 Å². The fourth-order valence-corrected chi connectivity index (χ4v) is 4.23. The summed E-state index contributed by atoms with van der Waals surface area (Å²) in [6.07, 6.45) is 3.54. The summed E-state index contributed by atoms with van der Waals surface area (Å²) in [5, 5.41) is 16.5. The third-order valence-corrected chi connectivity index (χ3v) is 5.62. The van der Waals surface area contributed by atoms with E-state index in [0.29, 0.717) is 34.7 Å². The number of carbonyl (C=O) groups excluding carboxylic acids is 2. The van der Waals surface area contributed by atoms with E-state index < -0.39 is 0 Å². The zero-order valence-electron chi connectivity index (χ0n) is 17.8. The second kappa shape index (κ2) is 8.81. The molecule has 0 spiro atoms. The lowest BCUT2D eigenvalue weighted by molar-refractivity contribution is -0.114. The molecule has 0 saturated carbocycles. The van der Waals surface area contributed by atoms with Gasteiger partial charge in [-0.1, -0.05) is 6.42 Å². The topological polar surface area (TPSA) is 94.8 Å². The Morgan fingerprint density at radius 3 is 2.45 bits per heavy atom. The van der Waals surface area contributed by atoms with Gasteiger partial charge in [-0.15, -0.1) is 0 Å². The van der Waals surface area contributed by atoms with E-state index >= 15 is 0 Å². The van der Waals surface area contributed by atoms with Crippen LogP contribution in [0.1, 0.15) is 42.1 Å². The third kappa shape index (κ3) is 4.41. The van der Waals surface area contributed by atoms with Gasteiger partial charge in [-0.05, 0) is 61.8 Å². The maximum Gasteiger partial charge on any atom is 0.255 e. The molecule has 0 aliphatic carbocycles. The minimum atomic E-state index is -0.245. The molecule has 7 nitrogen and oxygen atoms in total. The van der Waals surface area contributed by atoms with E-state index in [4.69, 9.17) is 4.42 Å². The van der Waals surface area contributed by atoms with Crippen molar-refractivity contribution in [3.63, 3.8) is 0 Å². The molecule has 7 heteroatoms. The molecule has 2 aromatic carbocycles. The molecule has 2 amide bonds. The van der Waals surface area contributed by atoms with Gasteiger partial charge in [-0.3, -0.25) is 14.5 Å². The van der Waals surface area contributed by atoms with Crippen molar-refractivity contribution in [3.8, 4) is 17.1 Å². The van der Waals surface area contributed by atoms with Gasteiger partial charge in [0.25, 0.3) is 5.91 Å². The molecule has 0 unspecified atom stereocenters. The average molecular weight is 421 g/mol. The molecular weight excluding hydrogens is 394 g/mol. The molecule has 3 aromatic rings. The van der Waals surface area contributed by atoms with E-state index in [9.17, 15) is 14.7 Å². The van der Waals surface area contributed by atoms with Crippen LogP contribution >= 0.6 is 0 Å². The highest BCUT2D eigenvalue weighted by Crippen LogP contribution is 2.38. The van der Waals surface area contributed by atoms with Crippen LogP contribution < -0.4 is 10.6 Å². The van der Waals surface area contributed by atoms with Crippen molar-refractivity contribution in [1.29, 1.82) is 0 Å². The molecule has 0 radical (unpaired) electrons. The zero-order chi connectivity index (χ0) is 22.0. The number of carbonyl (C=O) groups is 2. The molecule has 1 aromatic heterocycles. The number of phenols is 1. The molecule has 0 bridgehead atoms. The summed E-state index contributed by atoms with van der Waals surface area (Å²) in [4.78, 5) is 26.6. The monoisotopic (exact) mass is 421 g/mol. The summed E-state index contributed by atoms with van der Waals surface area (Å²) in [5.41, 5.74) is 3.19. The highest BCUT2D eigenvalue weighted by Gasteiger charge is 2.25. The molecule has 0 atom stereocenters.